The molecule has 3 aromatic rings. The number of benzene rings is 3. The predicted octanol–water partition coefficient (Wildman–Crippen LogP) is 3.49. The highest BCUT2D eigenvalue weighted by Crippen LogP contribution is 2.30. The molecule has 1 unspecified atom stereocenters. The summed E-state index contributed by atoms with van der Waals surface area (Å²) in [5.41, 5.74) is 3.03. The standard InChI is InChI=1S/C28H32O6/c29-16-24-26(31-18-21-10-4-1-5-11-21)28(33-20-23-14-8-3-9-15-23)27(25(17-30)34-24)32-19-22-12-6-2-7-13-22/h1-15,24-30H,16-20H2/t24-,25+,26-,27+,28?. The van der Waals surface area contributed by atoms with Crippen molar-refractivity contribution in [2.45, 2.75) is 50.3 Å². The molecule has 0 saturated carbocycles. The second-order valence-corrected chi connectivity index (χ2v) is 8.36. The van der Waals surface area contributed by atoms with Crippen molar-refractivity contribution in [1.82, 2.24) is 0 Å². The van der Waals surface area contributed by atoms with Crippen LogP contribution in [-0.4, -0.2) is 53.9 Å². The van der Waals surface area contributed by atoms with E-state index in [0.717, 1.165) is 16.7 Å². The van der Waals surface area contributed by atoms with Crippen LogP contribution in [0.4, 0.5) is 0 Å². The molecule has 0 amide bonds. The van der Waals surface area contributed by atoms with Crippen molar-refractivity contribution in [3.8, 4) is 0 Å². The summed E-state index contributed by atoms with van der Waals surface area (Å²) in [6, 6.07) is 29.5. The van der Waals surface area contributed by atoms with Crippen LogP contribution < -0.4 is 0 Å². The Morgan fingerprint density at radius 2 is 0.824 bits per heavy atom. The van der Waals surface area contributed by atoms with Crippen molar-refractivity contribution in [3.63, 3.8) is 0 Å². The second-order valence-electron chi connectivity index (χ2n) is 8.36. The Hall–Kier alpha value is -2.58. The number of hydrogen-bond acceptors (Lipinski definition) is 6. The van der Waals surface area contributed by atoms with Gasteiger partial charge >= 0.3 is 0 Å². The molecule has 0 aromatic heterocycles. The van der Waals surface area contributed by atoms with Gasteiger partial charge in [-0.15, -0.1) is 0 Å². The molecule has 1 fully saturated rings. The van der Waals surface area contributed by atoms with Crippen molar-refractivity contribution < 1.29 is 29.2 Å². The molecule has 1 aliphatic heterocycles. The predicted molar refractivity (Wildman–Crippen MR) is 128 cm³/mol. The minimum absolute atomic E-state index is 0.257. The van der Waals surface area contributed by atoms with Crippen LogP contribution in [0.5, 0.6) is 0 Å². The van der Waals surface area contributed by atoms with Gasteiger partial charge in [-0.3, -0.25) is 0 Å². The summed E-state index contributed by atoms with van der Waals surface area (Å²) in [5.74, 6) is 0. The topological polar surface area (TPSA) is 77.4 Å². The van der Waals surface area contributed by atoms with Crippen LogP contribution in [0.1, 0.15) is 16.7 Å². The highest BCUT2D eigenvalue weighted by atomic mass is 16.6. The van der Waals surface area contributed by atoms with Crippen LogP contribution in [0.3, 0.4) is 0 Å². The summed E-state index contributed by atoms with van der Waals surface area (Å²) < 4.78 is 25.0. The van der Waals surface area contributed by atoms with E-state index in [1.54, 1.807) is 0 Å². The number of ether oxygens (including phenoxy) is 4. The third-order valence-electron chi connectivity index (χ3n) is 5.95. The highest BCUT2D eigenvalue weighted by molar-refractivity contribution is 5.15. The normalized spacial score (nSPS) is 24.7. The van der Waals surface area contributed by atoms with Crippen molar-refractivity contribution in [3.05, 3.63) is 108 Å². The molecule has 0 radical (unpaired) electrons. The van der Waals surface area contributed by atoms with Gasteiger partial charge in [-0.1, -0.05) is 91.0 Å². The fraction of sp³-hybridized carbons (Fsp3) is 0.357. The summed E-state index contributed by atoms with van der Waals surface area (Å²) in [6.07, 6.45) is -3.04. The first-order chi connectivity index (χ1) is 16.8. The van der Waals surface area contributed by atoms with Gasteiger partial charge in [0.1, 0.15) is 30.5 Å². The molecule has 6 nitrogen and oxygen atoms in total. The van der Waals surface area contributed by atoms with Crippen LogP contribution in [-0.2, 0) is 38.8 Å². The molecule has 1 saturated heterocycles. The maximum Gasteiger partial charge on any atom is 0.115 e. The van der Waals surface area contributed by atoms with Gasteiger partial charge in [-0.05, 0) is 16.7 Å². The minimum atomic E-state index is -0.654. The molecule has 2 N–H and O–H groups in total. The van der Waals surface area contributed by atoms with Crippen molar-refractivity contribution in [1.29, 1.82) is 0 Å². The SMILES string of the molecule is OC[C@@H]1O[C@H](CO)[C@@H](OCc2ccccc2)C(OCc2ccccc2)[C@H]1OCc1ccccc1. The Labute approximate surface area is 200 Å². The first-order valence-electron chi connectivity index (χ1n) is 11.6. The first-order valence-corrected chi connectivity index (χ1v) is 11.6. The average Bonchev–Trinajstić information content (AvgIpc) is 2.91. The second kappa shape index (κ2) is 12.8. The lowest BCUT2D eigenvalue weighted by Gasteiger charge is -2.45. The Kier molecular flexibility index (Phi) is 9.21. The lowest BCUT2D eigenvalue weighted by molar-refractivity contribution is -0.274. The summed E-state index contributed by atoms with van der Waals surface area (Å²) in [4.78, 5) is 0. The highest BCUT2D eigenvalue weighted by Gasteiger charge is 2.47. The molecular formula is C28H32O6. The van der Waals surface area contributed by atoms with Crippen LogP contribution in [0, 0.1) is 0 Å². The maximum absolute atomic E-state index is 10.1. The van der Waals surface area contributed by atoms with Gasteiger partial charge in [0.15, 0.2) is 0 Å². The van der Waals surface area contributed by atoms with Crippen molar-refractivity contribution in [2.75, 3.05) is 13.2 Å². The Morgan fingerprint density at radius 1 is 0.500 bits per heavy atom. The smallest absolute Gasteiger partial charge is 0.115 e. The summed E-state index contributed by atoms with van der Waals surface area (Å²) >= 11 is 0. The zero-order valence-corrected chi connectivity index (χ0v) is 19.1. The van der Waals surface area contributed by atoms with Gasteiger partial charge in [0.05, 0.1) is 33.0 Å². The fourth-order valence-corrected chi connectivity index (χ4v) is 4.18. The molecule has 4 rings (SSSR count). The first kappa shape index (κ1) is 24.5. The lowest BCUT2D eigenvalue weighted by atomic mass is 9.94. The lowest BCUT2D eigenvalue weighted by Crippen LogP contribution is -2.61. The van der Waals surface area contributed by atoms with Crippen LogP contribution in [0.2, 0.25) is 0 Å². The van der Waals surface area contributed by atoms with Gasteiger partial charge < -0.3 is 29.2 Å². The Balaban J connectivity index is 1.56. The molecule has 6 heteroatoms. The molecule has 180 valence electrons. The van der Waals surface area contributed by atoms with Crippen LogP contribution in [0.15, 0.2) is 91.0 Å². The van der Waals surface area contributed by atoms with E-state index in [0.29, 0.717) is 19.8 Å². The Bertz CT molecular complexity index is 895. The van der Waals surface area contributed by atoms with Crippen molar-refractivity contribution in [2.24, 2.45) is 0 Å². The minimum Gasteiger partial charge on any atom is -0.394 e. The average molecular weight is 465 g/mol. The fourth-order valence-electron chi connectivity index (χ4n) is 4.18. The number of aliphatic hydroxyl groups excluding tert-OH is 2. The molecule has 3 aromatic carbocycles. The van der Waals surface area contributed by atoms with E-state index in [9.17, 15) is 10.2 Å². The van der Waals surface area contributed by atoms with Gasteiger partial charge in [0, 0.05) is 0 Å². The van der Waals surface area contributed by atoms with Gasteiger partial charge in [0.25, 0.3) is 0 Å². The Morgan fingerprint density at radius 3 is 1.15 bits per heavy atom. The monoisotopic (exact) mass is 464 g/mol. The third kappa shape index (κ3) is 6.51. The summed E-state index contributed by atoms with van der Waals surface area (Å²) in [6.45, 7) is 0.509. The van der Waals surface area contributed by atoms with E-state index >= 15 is 0 Å². The van der Waals surface area contributed by atoms with Crippen molar-refractivity contribution >= 4 is 0 Å². The third-order valence-corrected chi connectivity index (χ3v) is 5.95. The molecule has 1 heterocycles. The summed E-state index contributed by atoms with van der Waals surface area (Å²) in [7, 11) is 0. The quantitative estimate of drug-likeness (QED) is 0.452. The zero-order valence-electron chi connectivity index (χ0n) is 19.1. The number of aliphatic hydroxyl groups is 2. The summed E-state index contributed by atoms with van der Waals surface area (Å²) in [5, 5.41) is 20.2. The zero-order chi connectivity index (χ0) is 23.6. The van der Waals surface area contributed by atoms with Gasteiger partial charge in [-0.25, -0.2) is 0 Å². The molecular weight excluding hydrogens is 432 g/mol. The van der Waals surface area contributed by atoms with Crippen LogP contribution >= 0.6 is 0 Å². The van der Waals surface area contributed by atoms with Crippen LogP contribution in [0.25, 0.3) is 0 Å². The van der Waals surface area contributed by atoms with E-state index < -0.39 is 30.5 Å². The van der Waals surface area contributed by atoms with Gasteiger partial charge in [-0.2, -0.15) is 0 Å². The van der Waals surface area contributed by atoms with Gasteiger partial charge in [0.2, 0.25) is 0 Å². The maximum atomic E-state index is 10.1. The van der Waals surface area contributed by atoms with E-state index in [-0.39, 0.29) is 13.2 Å². The van der Waals surface area contributed by atoms with E-state index in [2.05, 4.69) is 0 Å². The number of rotatable bonds is 11. The molecule has 5 atom stereocenters. The molecule has 0 spiro atoms. The van der Waals surface area contributed by atoms with E-state index in [1.807, 2.05) is 91.0 Å². The molecule has 0 bridgehead atoms. The largest absolute Gasteiger partial charge is 0.394 e. The molecule has 0 aliphatic carbocycles. The molecule has 1 aliphatic rings. The van der Waals surface area contributed by atoms with E-state index in [1.165, 1.54) is 0 Å². The molecule has 34 heavy (non-hydrogen) atoms. The number of hydrogen-bond donors (Lipinski definition) is 2. The van der Waals surface area contributed by atoms with E-state index in [4.69, 9.17) is 18.9 Å².